The van der Waals surface area contributed by atoms with Crippen molar-refractivity contribution in [2.45, 2.75) is 52.2 Å². The highest BCUT2D eigenvalue weighted by molar-refractivity contribution is 6.53. The molecule has 1 aliphatic heterocycles. The van der Waals surface area contributed by atoms with E-state index in [1.165, 1.54) is 0 Å². The van der Waals surface area contributed by atoms with E-state index in [4.69, 9.17) is 9.31 Å². The van der Waals surface area contributed by atoms with Crippen molar-refractivity contribution in [3.8, 4) is 0 Å². The van der Waals surface area contributed by atoms with Crippen LogP contribution in [0.3, 0.4) is 0 Å². The van der Waals surface area contributed by atoms with Crippen molar-refractivity contribution in [1.82, 2.24) is 4.98 Å². The van der Waals surface area contributed by atoms with Crippen LogP contribution in [0.1, 0.15) is 40.3 Å². The number of rotatable bonds is 3. The normalized spacial score (nSPS) is 21.8. The lowest BCUT2D eigenvalue weighted by atomic mass is 9.84. The van der Waals surface area contributed by atoms with Gasteiger partial charge in [-0.05, 0) is 52.3 Å². The summed E-state index contributed by atoms with van der Waals surface area (Å²) in [6, 6.07) is 5.61. The average molecular weight is 277 g/mol. The van der Waals surface area contributed by atoms with E-state index < -0.39 is 18.3 Å². The molecule has 0 aromatic carbocycles. The van der Waals surface area contributed by atoms with E-state index in [1.807, 2.05) is 45.9 Å². The van der Waals surface area contributed by atoms with Crippen LogP contribution in [0, 0.1) is 0 Å². The predicted molar refractivity (Wildman–Crippen MR) is 77.8 cm³/mol. The summed E-state index contributed by atoms with van der Waals surface area (Å²) in [6.45, 7) is 9.39. The molecule has 1 aliphatic rings. The van der Waals surface area contributed by atoms with Crippen molar-refractivity contribution < 1.29 is 13.7 Å². The molecule has 108 valence electrons. The van der Waals surface area contributed by atoms with E-state index in [2.05, 4.69) is 4.98 Å². The van der Waals surface area contributed by atoms with Gasteiger partial charge in [0, 0.05) is 18.3 Å². The van der Waals surface area contributed by atoms with Crippen LogP contribution in [-0.4, -0.2) is 23.3 Å². The number of pyridine rings is 1. The number of allylic oxidation sites excluding steroid dienone is 1. The third-order valence-corrected chi connectivity index (χ3v) is 4.04. The minimum absolute atomic E-state index is 0.352. The smallest absolute Gasteiger partial charge is 0.398 e. The molecule has 1 aromatic heterocycles. The SMILES string of the molecule is CC(Cc1ccccn1)=C(F)B1OC(C)(C)C(C)(C)O1. The molecule has 0 unspecified atom stereocenters. The summed E-state index contributed by atoms with van der Waals surface area (Å²) >= 11 is 0. The Morgan fingerprint density at radius 2 is 1.80 bits per heavy atom. The second-order valence-electron chi connectivity index (χ2n) is 6.21. The van der Waals surface area contributed by atoms with E-state index in [9.17, 15) is 4.39 Å². The fourth-order valence-corrected chi connectivity index (χ4v) is 2.01. The lowest BCUT2D eigenvalue weighted by Gasteiger charge is -2.32. The minimum atomic E-state index is -0.927. The summed E-state index contributed by atoms with van der Waals surface area (Å²) in [6.07, 6.45) is 2.16. The third-order valence-electron chi connectivity index (χ3n) is 4.04. The van der Waals surface area contributed by atoms with Crippen LogP contribution >= 0.6 is 0 Å². The molecule has 3 nitrogen and oxygen atoms in total. The van der Waals surface area contributed by atoms with Crippen LogP contribution in [0.5, 0.6) is 0 Å². The van der Waals surface area contributed by atoms with Gasteiger partial charge in [-0.3, -0.25) is 4.98 Å². The molecule has 0 N–H and O–H groups in total. The van der Waals surface area contributed by atoms with Crippen LogP contribution in [-0.2, 0) is 15.7 Å². The lowest BCUT2D eigenvalue weighted by molar-refractivity contribution is 0.00578. The third kappa shape index (κ3) is 2.94. The largest absolute Gasteiger partial charge is 0.525 e. The summed E-state index contributed by atoms with van der Waals surface area (Å²) in [7, 11) is -0.927. The first-order valence-corrected chi connectivity index (χ1v) is 6.83. The summed E-state index contributed by atoms with van der Waals surface area (Å²) in [5.74, 6) is 0. The standard InChI is InChI=1S/C15H21BFNO2/c1-11(10-12-8-6-7-9-18-12)13(17)16-19-14(2,3)15(4,5)20-16/h6-9H,10H2,1-5H3. The van der Waals surface area contributed by atoms with Gasteiger partial charge < -0.3 is 9.31 Å². The molecule has 0 saturated carbocycles. The van der Waals surface area contributed by atoms with Crippen LogP contribution < -0.4 is 0 Å². The van der Waals surface area contributed by atoms with E-state index in [-0.39, 0.29) is 5.73 Å². The van der Waals surface area contributed by atoms with Gasteiger partial charge in [0.25, 0.3) is 0 Å². The highest BCUT2D eigenvalue weighted by atomic mass is 19.1. The number of aromatic nitrogens is 1. The van der Waals surface area contributed by atoms with Gasteiger partial charge in [0.2, 0.25) is 0 Å². The Bertz CT molecular complexity index is 498. The lowest BCUT2D eigenvalue weighted by Crippen LogP contribution is -2.41. The van der Waals surface area contributed by atoms with Crippen LogP contribution in [0.4, 0.5) is 4.39 Å². The van der Waals surface area contributed by atoms with Crippen molar-refractivity contribution in [3.63, 3.8) is 0 Å². The number of nitrogens with zero attached hydrogens (tertiary/aromatic N) is 1. The molecule has 1 fully saturated rings. The predicted octanol–water partition coefficient (Wildman–Crippen LogP) is 3.50. The van der Waals surface area contributed by atoms with Crippen molar-refractivity contribution >= 4 is 7.12 Å². The van der Waals surface area contributed by atoms with Crippen molar-refractivity contribution in [2.75, 3.05) is 0 Å². The van der Waals surface area contributed by atoms with Crippen molar-refractivity contribution in [2.24, 2.45) is 0 Å². The number of hydrogen-bond donors (Lipinski definition) is 0. The number of halogens is 1. The minimum Gasteiger partial charge on any atom is -0.398 e. The molecule has 0 aliphatic carbocycles. The van der Waals surface area contributed by atoms with Crippen molar-refractivity contribution in [3.05, 3.63) is 41.4 Å². The topological polar surface area (TPSA) is 31.4 Å². The van der Waals surface area contributed by atoms with Crippen molar-refractivity contribution in [1.29, 1.82) is 0 Å². The Morgan fingerprint density at radius 1 is 1.20 bits per heavy atom. The fraction of sp³-hybridized carbons (Fsp3) is 0.533. The molecule has 2 heterocycles. The quantitative estimate of drug-likeness (QED) is 0.792. The maximum absolute atomic E-state index is 14.5. The number of hydrogen-bond acceptors (Lipinski definition) is 3. The van der Waals surface area contributed by atoms with E-state index >= 15 is 0 Å². The Morgan fingerprint density at radius 3 is 2.30 bits per heavy atom. The zero-order valence-corrected chi connectivity index (χ0v) is 12.7. The van der Waals surface area contributed by atoms with Gasteiger partial charge in [0.05, 0.1) is 11.2 Å². The molecule has 0 amide bonds. The summed E-state index contributed by atoms with van der Waals surface area (Å²) in [5, 5.41) is 0. The van der Waals surface area contributed by atoms with Crippen LogP contribution in [0.25, 0.3) is 0 Å². The maximum atomic E-state index is 14.5. The van der Waals surface area contributed by atoms with Gasteiger partial charge >= 0.3 is 7.12 Å². The van der Waals surface area contributed by atoms with Gasteiger partial charge in [-0.25, -0.2) is 4.39 Å². The van der Waals surface area contributed by atoms with Gasteiger partial charge in [0.15, 0.2) is 0 Å². The zero-order chi connectivity index (χ0) is 15.0. The molecule has 20 heavy (non-hydrogen) atoms. The molecule has 0 atom stereocenters. The highest BCUT2D eigenvalue weighted by Crippen LogP contribution is 2.39. The molecular weight excluding hydrogens is 256 g/mol. The summed E-state index contributed by atoms with van der Waals surface area (Å²) in [5.41, 5.74) is 0.00813. The molecule has 0 radical (unpaired) electrons. The van der Waals surface area contributed by atoms with E-state index in [1.54, 1.807) is 13.1 Å². The van der Waals surface area contributed by atoms with Gasteiger partial charge in [-0.15, -0.1) is 0 Å². The second kappa shape index (κ2) is 5.30. The monoisotopic (exact) mass is 277 g/mol. The van der Waals surface area contributed by atoms with E-state index in [0.29, 0.717) is 12.0 Å². The summed E-state index contributed by atoms with van der Waals surface area (Å²) < 4.78 is 25.9. The highest BCUT2D eigenvalue weighted by Gasteiger charge is 2.53. The van der Waals surface area contributed by atoms with Crippen LogP contribution in [0.2, 0.25) is 0 Å². The average Bonchev–Trinajstić information content (AvgIpc) is 2.58. The van der Waals surface area contributed by atoms with Gasteiger partial charge in [-0.2, -0.15) is 0 Å². The molecule has 5 heteroatoms. The first-order chi connectivity index (χ1) is 9.23. The Kier molecular flexibility index (Phi) is 4.03. The molecule has 1 saturated heterocycles. The Hall–Kier alpha value is -1.20. The zero-order valence-electron chi connectivity index (χ0n) is 12.7. The first kappa shape index (κ1) is 15.2. The first-order valence-electron chi connectivity index (χ1n) is 6.83. The Labute approximate surface area is 120 Å². The summed E-state index contributed by atoms with van der Waals surface area (Å²) in [4.78, 5) is 4.20. The van der Waals surface area contributed by atoms with Gasteiger partial charge in [-0.1, -0.05) is 6.07 Å². The maximum Gasteiger partial charge on any atom is 0.525 e. The fourth-order valence-electron chi connectivity index (χ4n) is 2.01. The second-order valence-corrected chi connectivity index (χ2v) is 6.21. The van der Waals surface area contributed by atoms with Crippen LogP contribution in [0.15, 0.2) is 35.7 Å². The molecule has 0 bridgehead atoms. The molecule has 0 spiro atoms. The van der Waals surface area contributed by atoms with Gasteiger partial charge in [0.1, 0.15) is 5.73 Å². The van der Waals surface area contributed by atoms with E-state index in [0.717, 1.165) is 5.69 Å². The molecule has 1 aromatic rings. The molecular formula is C15H21BFNO2. The Balaban J connectivity index is 2.15. The molecule has 2 rings (SSSR count).